The number of fused-ring (bicyclic) bond motifs is 1. The third kappa shape index (κ3) is 4.43. The fourth-order valence-electron chi connectivity index (χ4n) is 3.47. The molecule has 0 spiro atoms. The topological polar surface area (TPSA) is 86.8 Å². The van der Waals surface area contributed by atoms with E-state index in [9.17, 15) is 19.2 Å². The van der Waals surface area contributed by atoms with E-state index in [0.717, 1.165) is 4.90 Å². The maximum Gasteiger partial charge on any atom is 0.262 e. The Balaban J connectivity index is 1.77. The second-order valence-electron chi connectivity index (χ2n) is 7.55. The van der Waals surface area contributed by atoms with Gasteiger partial charge in [-0.15, -0.1) is 0 Å². The summed E-state index contributed by atoms with van der Waals surface area (Å²) in [5.41, 5.74) is 0.775. The van der Waals surface area contributed by atoms with Crippen LogP contribution in [-0.2, 0) is 9.59 Å². The van der Waals surface area contributed by atoms with Crippen LogP contribution in [0.2, 0.25) is 10.0 Å². The number of para-hydroxylation sites is 1. The van der Waals surface area contributed by atoms with Crippen LogP contribution in [0, 0.1) is 5.92 Å². The average molecular weight is 462 g/mol. The molecule has 7 nitrogen and oxygen atoms in total. The number of likely N-dealkylation sites (N-methyl/N-ethyl adjacent to an activating group) is 1. The number of amides is 4. The zero-order valence-corrected chi connectivity index (χ0v) is 18.7. The van der Waals surface area contributed by atoms with Gasteiger partial charge in [-0.05, 0) is 30.2 Å². The highest BCUT2D eigenvalue weighted by Gasteiger charge is 2.44. The summed E-state index contributed by atoms with van der Waals surface area (Å²) in [5, 5.41) is 3.12. The number of carbonyl (C=O) groups is 4. The molecule has 0 saturated carbocycles. The zero-order valence-electron chi connectivity index (χ0n) is 17.2. The quantitative estimate of drug-likeness (QED) is 0.664. The molecule has 2 aromatic carbocycles. The second kappa shape index (κ2) is 9.08. The lowest BCUT2D eigenvalue weighted by atomic mass is 10.0. The van der Waals surface area contributed by atoms with Gasteiger partial charge in [0.25, 0.3) is 11.8 Å². The number of carbonyl (C=O) groups excluding carboxylic acids is 4. The van der Waals surface area contributed by atoms with Crippen LogP contribution in [-0.4, -0.2) is 53.1 Å². The summed E-state index contributed by atoms with van der Waals surface area (Å²) in [6.45, 7) is 3.17. The molecule has 3 rings (SSSR count). The van der Waals surface area contributed by atoms with E-state index >= 15 is 0 Å². The maximum absolute atomic E-state index is 13.2. The van der Waals surface area contributed by atoms with E-state index in [-0.39, 0.29) is 39.3 Å². The second-order valence-corrected chi connectivity index (χ2v) is 8.37. The number of nitrogens with one attached hydrogen (secondary N) is 1. The molecule has 1 N–H and O–H groups in total. The molecule has 1 atom stereocenters. The van der Waals surface area contributed by atoms with Crippen molar-refractivity contribution in [2.45, 2.75) is 19.9 Å². The summed E-state index contributed by atoms with van der Waals surface area (Å²) >= 11 is 12.1. The molecule has 0 bridgehead atoms. The molecule has 162 valence electrons. The standard InChI is InChI=1S/C22H21Cl2N3O4/c1-12(2)19(27-20(29)13-7-4-5-8-14(13)21(27)30)22(31)26(3)11-17(28)25-18-15(23)9-6-10-16(18)24/h4-10,12,19H,11H2,1-3H3,(H,25,28). The first kappa shape index (κ1) is 22.8. The van der Waals surface area contributed by atoms with Gasteiger partial charge in [0.1, 0.15) is 6.04 Å². The maximum atomic E-state index is 13.2. The van der Waals surface area contributed by atoms with E-state index in [0.29, 0.717) is 0 Å². The van der Waals surface area contributed by atoms with Crippen molar-refractivity contribution in [2.24, 2.45) is 5.92 Å². The van der Waals surface area contributed by atoms with Gasteiger partial charge in [0.05, 0.1) is 33.4 Å². The fourth-order valence-corrected chi connectivity index (χ4v) is 3.96. The number of hydrogen-bond acceptors (Lipinski definition) is 4. The smallest absolute Gasteiger partial charge is 0.262 e. The van der Waals surface area contributed by atoms with Gasteiger partial charge in [0.15, 0.2) is 0 Å². The van der Waals surface area contributed by atoms with Crippen molar-refractivity contribution in [3.8, 4) is 0 Å². The lowest BCUT2D eigenvalue weighted by Gasteiger charge is -2.31. The Bertz CT molecular complexity index is 1020. The summed E-state index contributed by atoms with van der Waals surface area (Å²) in [5.74, 6) is -2.44. The van der Waals surface area contributed by atoms with Crippen LogP contribution >= 0.6 is 23.2 Å². The van der Waals surface area contributed by atoms with Gasteiger partial charge in [-0.2, -0.15) is 0 Å². The Morgan fingerprint density at radius 2 is 1.48 bits per heavy atom. The Morgan fingerprint density at radius 1 is 0.968 bits per heavy atom. The molecule has 1 aliphatic heterocycles. The molecule has 9 heteroatoms. The van der Waals surface area contributed by atoms with E-state index in [1.807, 2.05) is 0 Å². The summed E-state index contributed by atoms with van der Waals surface area (Å²) in [6.07, 6.45) is 0. The molecule has 0 radical (unpaired) electrons. The van der Waals surface area contributed by atoms with Crippen molar-refractivity contribution in [3.63, 3.8) is 0 Å². The van der Waals surface area contributed by atoms with Crippen molar-refractivity contribution in [2.75, 3.05) is 18.9 Å². The van der Waals surface area contributed by atoms with Crippen LogP contribution in [0.25, 0.3) is 0 Å². The molecule has 0 aliphatic carbocycles. The summed E-state index contributed by atoms with van der Waals surface area (Å²) in [7, 11) is 1.43. The van der Waals surface area contributed by atoms with Crippen LogP contribution < -0.4 is 5.32 Å². The Labute approximate surface area is 189 Å². The third-order valence-corrected chi connectivity index (χ3v) is 5.60. The minimum absolute atomic E-state index is 0.248. The lowest BCUT2D eigenvalue weighted by molar-refractivity contribution is -0.138. The first-order chi connectivity index (χ1) is 14.6. The van der Waals surface area contributed by atoms with Crippen molar-refractivity contribution in [3.05, 3.63) is 63.6 Å². The molecule has 2 aromatic rings. The highest BCUT2D eigenvalue weighted by molar-refractivity contribution is 6.39. The van der Waals surface area contributed by atoms with E-state index in [1.165, 1.54) is 11.9 Å². The SMILES string of the molecule is CC(C)C(C(=O)N(C)CC(=O)Nc1c(Cl)cccc1Cl)N1C(=O)c2ccccc2C1=O. The molecule has 0 fully saturated rings. The Kier molecular flexibility index (Phi) is 6.67. The fraction of sp³-hybridized carbons (Fsp3) is 0.273. The number of halogens is 2. The third-order valence-electron chi connectivity index (χ3n) is 4.97. The number of imide groups is 1. The Hall–Kier alpha value is -2.90. The van der Waals surface area contributed by atoms with Gasteiger partial charge >= 0.3 is 0 Å². The number of hydrogen-bond donors (Lipinski definition) is 1. The molecule has 0 aromatic heterocycles. The van der Waals surface area contributed by atoms with Crippen molar-refractivity contribution in [1.82, 2.24) is 9.80 Å². The summed E-state index contributed by atoms with van der Waals surface area (Å²) in [6, 6.07) is 10.2. The van der Waals surface area contributed by atoms with Gasteiger partial charge in [0.2, 0.25) is 11.8 Å². The molecule has 1 heterocycles. The molecule has 1 aliphatic rings. The predicted molar refractivity (Wildman–Crippen MR) is 118 cm³/mol. The zero-order chi connectivity index (χ0) is 22.9. The molecule has 1 unspecified atom stereocenters. The van der Waals surface area contributed by atoms with Crippen molar-refractivity contribution < 1.29 is 19.2 Å². The van der Waals surface area contributed by atoms with Gasteiger partial charge in [-0.1, -0.05) is 55.2 Å². The highest BCUT2D eigenvalue weighted by atomic mass is 35.5. The molecular weight excluding hydrogens is 441 g/mol. The molecule has 4 amide bonds. The molecule has 0 saturated heterocycles. The van der Waals surface area contributed by atoms with Gasteiger partial charge in [0, 0.05) is 7.05 Å². The number of rotatable bonds is 6. The van der Waals surface area contributed by atoms with Crippen LogP contribution in [0.1, 0.15) is 34.6 Å². The average Bonchev–Trinajstić information content (AvgIpc) is 2.96. The first-order valence-corrected chi connectivity index (χ1v) is 10.3. The normalized spacial score (nSPS) is 13.9. The minimum atomic E-state index is -1.05. The van der Waals surface area contributed by atoms with Crippen LogP contribution in [0.15, 0.2) is 42.5 Å². The summed E-state index contributed by atoms with van der Waals surface area (Å²) < 4.78 is 0. The van der Waals surface area contributed by atoms with E-state index in [4.69, 9.17) is 23.2 Å². The first-order valence-electron chi connectivity index (χ1n) is 9.59. The van der Waals surface area contributed by atoms with E-state index in [1.54, 1.807) is 56.3 Å². The van der Waals surface area contributed by atoms with Gasteiger partial charge in [-0.25, -0.2) is 0 Å². The molecular formula is C22H21Cl2N3O4. The van der Waals surface area contributed by atoms with Crippen LogP contribution in [0.4, 0.5) is 5.69 Å². The van der Waals surface area contributed by atoms with E-state index < -0.39 is 29.7 Å². The summed E-state index contributed by atoms with van der Waals surface area (Å²) in [4.78, 5) is 53.5. The van der Waals surface area contributed by atoms with Crippen LogP contribution in [0.3, 0.4) is 0 Å². The predicted octanol–water partition coefficient (Wildman–Crippen LogP) is 3.71. The highest BCUT2D eigenvalue weighted by Crippen LogP contribution is 2.30. The number of anilines is 1. The minimum Gasteiger partial charge on any atom is -0.335 e. The molecule has 31 heavy (non-hydrogen) atoms. The Morgan fingerprint density at radius 3 is 1.97 bits per heavy atom. The van der Waals surface area contributed by atoms with Crippen LogP contribution in [0.5, 0.6) is 0 Å². The monoisotopic (exact) mass is 461 g/mol. The van der Waals surface area contributed by atoms with Gasteiger partial charge < -0.3 is 10.2 Å². The lowest BCUT2D eigenvalue weighted by Crippen LogP contribution is -2.53. The van der Waals surface area contributed by atoms with E-state index in [2.05, 4.69) is 5.32 Å². The van der Waals surface area contributed by atoms with Crippen molar-refractivity contribution >= 4 is 52.5 Å². The number of benzene rings is 2. The largest absolute Gasteiger partial charge is 0.335 e. The van der Waals surface area contributed by atoms with Gasteiger partial charge in [-0.3, -0.25) is 24.1 Å². The van der Waals surface area contributed by atoms with Crippen molar-refractivity contribution in [1.29, 1.82) is 0 Å². The number of nitrogens with zero attached hydrogens (tertiary/aromatic N) is 2.